The molecule has 0 aromatic heterocycles. The molecule has 0 fully saturated rings. The van der Waals surface area contributed by atoms with Gasteiger partial charge in [-0.05, 0) is 42.2 Å². The summed E-state index contributed by atoms with van der Waals surface area (Å²) in [6.07, 6.45) is 7.43. The largest absolute Gasteiger partial charge is 0.325 e. The Hall–Kier alpha value is -2.66. The molecular formula is C22H25N3O3S. The summed E-state index contributed by atoms with van der Waals surface area (Å²) in [7, 11) is -0.628. The van der Waals surface area contributed by atoms with Crippen molar-refractivity contribution in [3.63, 3.8) is 0 Å². The van der Waals surface area contributed by atoms with Gasteiger partial charge in [0, 0.05) is 25.8 Å². The number of benzene rings is 2. The minimum Gasteiger partial charge on any atom is -0.325 e. The second-order valence-corrected chi connectivity index (χ2v) is 9.38. The summed E-state index contributed by atoms with van der Waals surface area (Å²) in [6.45, 7) is 0.495. The van der Waals surface area contributed by atoms with E-state index in [1.807, 2.05) is 17.0 Å². The Labute approximate surface area is 172 Å². The van der Waals surface area contributed by atoms with Gasteiger partial charge in [0.2, 0.25) is 15.9 Å². The first-order valence-corrected chi connectivity index (χ1v) is 10.8. The molecule has 152 valence electrons. The molecule has 29 heavy (non-hydrogen) atoms. The first kappa shape index (κ1) is 21.1. The Kier molecular flexibility index (Phi) is 6.38. The van der Waals surface area contributed by atoms with Crippen molar-refractivity contribution in [2.75, 3.05) is 32.5 Å². The summed E-state index contributed by atoms with van der Waals surface area (Å²) in [6, 6.07) is 14.6. The molecule has 0 saturated carbocycles. The van der Waals surface area contributed by atoms with E-state index in [-0.39, 0.29) is 23.4 Å². The molecule has 1 aliphatic rings. The van der Waals surface area contributed by atoms with Gasteiger partial charge >= 0.3 is 0 Å². The number of amides is 1. The number of fused-ring (bicyclic) bond motifs is 1. The highest BCUT2D eigenvalue weighted by Gasteiger charge is 2.28. The lowest BCUT2D eigenvalue weighted by Crippen LogP contribution is -2.36. The molecule has 1 N–H and O–H groups in total. The van der Waals surface area contributed by atoms with E-state index in [2.05, 4.69) is 23.4 Å². The van der Waals surface area contributed by atoms with Gasteiger partial charge in [-0.25, -0.2) is 12.7 Å². The van der Waals surface area contributed by atoms with Gasteiger partial charge < -0.3 is 5.32 Å². The molecule has 1 aliphatic carbocycles. The van der Waals surface area contributed by atoms with Crippen molar-refractivity contribution >= 4 is 21.6 Å². The Balaban J connectivity index is 1.73. The summed E-state index contributed by atoms with van der Waals surface area (Å²) in [5, 5.41) is 2.80. The van der Waals surface area contributed by atoms with Gasteiger partial charge in [0.25, 0.3) is 0 Å². The minimum atomic E-state index is -3.57. The van der Waals surface area contributed by atoms with Crippen LogP contribution in [0.1, 0.15) is 23.6 Å². The van der Waals surface area contributed by atoms with E-state index in [9.17, 15) is 13.2 Å². The number of anilines is 1. The summed E-state index contributed by atoms with van der Waals surface area (Å²) in [5.74, 6) is 2.41. The van der Waals surface area contributed by atoms with E-state index < -0.39 is 10.0 Å². The Morgan fingerprint density at radius 1 is 1.21 bits per heavy atom. The third kappa shape index (κ3) is 4.67. The van der Waals surface area contributed by atoms with Crippen LogP contribution in [0.3, 0.4) is 0 Å². The van der Waals surface area contributed by atoms with E-state index >= 15 is 0 Å². The Morgan fingerprint density at radius 2 is 1.97 bits per heavy atom. The quantitative estimate of drug-likeness (QED) is 0.711. The summed E-state index contributed by atoms with van der Waals surface area (Å²) in [4.78, 5) is 14.8. The topological polar surface area (TPSA) is 69.7 Å². The molecule has 3 rings (SSSR count). The molecule has 1 amide bonds. The summed E-state index contributed by atoms with van der Waals surface area (Å²) < 4.78 is 25.8. The molecule has 0 aliphatic heterocycles. The Morgan fingerprint density at radius 3 is 2.69 bits per heavy atom. The maximum Gasteiger partial charge on any atom is 0.242 e. The van der Waals surface area contributed by atoms with Gasteiger partial charge in [0.05, 0.1) is 18.0 Å². The van der Waals surface area contributed by atoms with Gasteiger partial charge in [-0.3, -0.25) is 9.69 Å². The second kappa shape index (κ2) is 8.78. The van der Waals surface area contributed by atoms with Crippen molar-refractivity contribution in [2.45, 2.75) is 23.8 Å². The number of aryl methyl sites for hydroxylation is 1. The van der Waals surface area contributed by atoms with E-state index in [0.29, 0.717) is 12.2 Å². The smallest absolute Gasteiger partial charge is 0.242 e. The van der Waals surface area contributed by atoms with Crippen LogP contribution in [0.15, 0.2) is 53.4 Å². The van der Waals surface area contributed by atoms with Gasteiger partial charge in [0.1, 0.15) is 0 Å². The van der Waals surface area contributed by atoms with E-state index in [1.54, 1.807) is 12.1 Å². The predicted octanol–water partition coefficient (Wildman–Crippen LogP) is 2.50. The summed E-state index contributed by atoms with van der Waals surface area (Å²) in [5.41, 5.74) is 2.95. The van der Waals surface area contributed by atoms with Crippen molar-refractivity contribution in [3.05, 3.63) is 59.7 Å². The first-order chi connectivity index (χ1) is 13.8. The van der Waals surface area contributed by atoms with Crippen LogP contribution in [-0.4, -0.2) is 50.7 Å². The molecule has 0 bridgehead atoms. The van der Waals surface area contributed by atoms with Gasteiger partial charge in [-0.1, -0.05) is 36.3 Å². The standard InChI is InChI=1S/C22H25N3O3S/c1-4-14-25(21-13-12-17-8-5-6-11-20(17)21)16-22(26)23-18-9-7-10-19(15-18)29(27,28)24(2)3/h1,5-11,15,21H,12-14,16H2,2-3H3,(H,23,26)/t21-/m1/s1. The third-order valence-corrected chi connectivity index (χ3v) is 6.89. The molecule has 0 radical (unpaired) electrons. The molecule has 0 spiro atoms. The number of rotatable bonds is 7. The molecule has 0 unspecified atom stereocenters. The van der Waals surface area contributed by atoms with Gasteiger partial charge in [-0.15, -0.1) is 6.42 Å². The highest BCUT2D eigenvalue weighted by atomic mass is 32.2. The molecule has 6 nitrogen and oxygen atoms in total. The number of sulfonamides is 1. The molecule has 0 saturated heterocycles. The average molecular weight is 412 g/mol. The molecule has 2 aromatic rings. The normalized spacial score (nSPS) is 15.9. The van der Waals surface area contributed by atoms with E-state index in [0.717, 1.165) is 17.1 Å². The predicted molar refractivity (Wildman–Crippen MR) is 114 cm³/mol. The third-order valence-electron chi connectivity index (χ3n) is 5.08. The lowest BCUT2D eigenvalue weighted by molar-refractivity contribution is -0.117. The average Bonchev–Trinajstić information content (AvgIpc) is 3.12. The number of terminal acetylenes is 1. The fourth-order valence-electron chi connectivity index (χ4n) is 3.64. The van der Waals surface area contributed by atoms with Crippen molar-refractivity contribution in [1.29, 1.82) is 0 Å². The van der Waals surface area contributed by atoms with E-state index in [1.165, 1.54) is 37.4 Å². The van der Waals surface area contributed by atoms with Crippen molar-refractivity contribution < 1.29 is 13.2 Å². The Bertz CT molecular complexity index is 1040. The van der Waals surface area contributed by atoms with Crippen LogP contribution in [0.5, 0.6) is 0 Å². The fourth-order valence-corrected chi connectivity index (χ4v) is 4.59. The number of carbonyl (C=O) groups excluding carboxylic acids is 1. The van der Waals surface area contributed by atoms with Crippen LogP contribution in [0, 0.1) is 12.3 Å². The lowest BCUT2D eigenvalue weighted by Gasteiger charge is -2.27. The maximum absolute atomic E-state index is 12.7. The number of hydrogen-bond acceptors (Lipinski definition) is 4. The molecular weight excluding hydrogens is 386 g/mol. The van der Waals surface area contributed by atoms with Crippen LogP contribution in [-0.2, 0) is 21.2 Å². The monoisotopic (exact) mass is 411 g/mol. The van der Waals surface area contributed by atoms with Crippen molar-refractivity contribution in [3.8, 4) is 12.3 Å². The van der Waals surface area contributed by atoms with E-state index in [4.69, 9.17) is 6.42 Å². The van der Waals surface area contributed by atoms with Crippen LogP contribution in [0.25, 0.3) is 0 Å². The molecule has 1 atom stereocenters. The lowest BCUT2D eigenvalue weighted by atomic mass is 10.1. The fraction of sp³-hybridized carbons (Fsp3) is 0.318. The first-order valence-electron chi connectivity index (χ1n) is 9.40. The van der Waals surface area contributed by atoms with Crippen LogP contribution < -0.4 is 5.32 Å². The van der Waals surface area contributed by atoms with Crippen molar-refractivity contribution in [1.82, 2.24) is 9.21 Å². The zero-order valence-corrected chi connectivity index (χ0v) is 17.4. The number of nitrogens with one attached hydrogen (secondary N) is 1. The number of carbonyl (C=O) groups is 1. The van der Waals surface area contributed by atoms with Crippen LogP contribution in [0.2, 0.25) is 0 Å². The van der Waals surface area contributed by atoms with Crippen LogP contribution >= 0.6 is 0 Å². The van der Waals surface area contributed by atoms with Gasteiger partial charge in [0.15, 0.2) is 0 Å². The van der Waals surface area contributed by atoms with Crippen molar-refractivity contribution in [2.24, 2.45) is 0 Å². The highest BCUT2D eigenvalue weighted by molar-refractivity contribution is 7.89. The van der Waals surface area contributed by atoms with Crippen LogP contribution in [0.4, 0.5) is 5.69 Å². The zero-order chi connectivity index (χ0) is 21.0. The second-order valence-electron chi connectivity index (χ2n) is 7.23. The summed E-state index contributed by atoms with van der Waals surface area (Å²) >= 11 is 0. The number of nitrogens with zero attached hydrogens (tertiary/aromatic N) is 2. The number of hydrogen-bond donors (Lipinski definition) is 1. The minimum absolute atomic E-state index is 0.105. The molecule has 2 aromatic carbocycles. The molecule has 0 heterocycles. The zero-order valence-electron chi connectivity index (χ0n) is 16.6. The highest BCUT2D eigenvalue weighted by Crippen LogP contribution is 2.35. The maximum atomic E-state index is 12.7. The molecule has 7 heteroatoms. The van der Waals surface area contributed by atoms with Gasteiger partial charge in [-0.2, -0.15) is 0 Å². The SMILES string of the molecule is C#CCN(CC(=O)Nc1cccc(S(=O)(=O)N(C)C)c1)[C@@H]1CCc2ccccc21.